The van der Waals surface area contributed by atoms with Crippen molar-refractivity contribution in [2.45, 2.75) is 13.0 Å². The van der Waals surface area contributed by atoms with Crippen molar-refractivity contribution >= 4 is 17.6 Å². The number of aryl methyl sites for hydroxylation is 1. The summed E-state index contributed by atoms with van der Waals surface area (Å²) < 4.78 is 5.14. The number of carbonyl (C=O) groups excluding carboxylic acids is 1. The van der Waals surface area contributed by atoms with Gasteiger partial charge in [0.15, 0.2) is 0 Å². The second-order valence-corrected chi connectivity index (χ2v) is 4.76. The molecule has 1 aromatic carbocycles. The highest BCUT2D eigenvalue weighted by Crippen LogP contribution is 2.13. The van der Waals surface area contributed by atoms with Crippen LogP contribution in [0.2, 0.25) is 0 Å². The van der Waals surface area contributed by atoms with E-state index in [0.29, 0.717) is 13.2 Å². The van der Waals surface area contributed by atoms with Crippen LogP contribution in [-0.2, 0) is 14.3 Å². The zero-order valence-electron chi connectivity index (χ0n) is 11.3. The lowest BCUT2D eigenvalue weighted by atomic mass is 10.2. The number of carboxylic acid groups (broad SMARTS) is 1. The first-order valence-corrected chi connectivity index (χ1v) is 6.48. The van der Waals surface area contributed by atoms with E-state index in [-0.39, 0.29) is 19.1 Å². The summed E-state index contributed by atoms with van der Waals surface area (Å²) in [7, 11) is 0. The molecule has 1 atom stereocenters. The number of hydrogen-bond acceptors (Lipinski definition) is 4. The van der Waals surface area contributed by atoms with Crippen LogP contribution in [0.3, 0.4) is 0 Å². The van der Waals surface area contributed by atoms with Crippen molar-refractivity contribution in [1.29, 1.82) is 0 Å². The molecule has 1 fully saturated rings. The number of benzene rings is 1. The Morgan fingerprint density at radius 3 is 2.90 bits per heavy atom. The number of rotatable bonds is 4. The van der Waals surface area contributed by atoms with E-state index >= 15 is 0 Å². The van der Waals surface area contributed by atoms with Crippen LogP contribution in [0.15, 0.2) is 24.3 Å². The predicted molar refractivity (Wildman–Crippen MR) is 73.6 cm³/mol. The van der Waals surface area contributed by atoms with Crippen molar-refractivity contribution in [3.05, 3.63) is 29.8 Å². The Balaban J connectivity index is 1.96. The second kappa shape index (κ2) is 6.49. The van der Waals surface area contributed by atoms with Gasteiger partial charge >= 0.3 is 5.97 Å². The second-order valence-electron chi connectivity index (χ2n) is 4.76. The number of hydrogen-bond donors (Lipinski definition) is 2. The number of para-hydroxylation sites is 1. The largest absolute Gasteiger partial charge is 0.480 e. The quantitative estimate of drug-likeness (QED) is 0.848. The fraction of sp³-hybridized carbons (Fsp3) is 0.429. The molecular weight excluding hydrogens is 260 g/mol. The van der Waals surface area contributed by atoms with Crippen LogP contribution in [0, 0.1) is 6.92 Å². The maximum atomic E-state index is 12.0. The Hall–Kier alpha value is -1.92. The highest BCUT2D eigenvalue weighted by molar-refractivity contribution is 5.93. The van der Waals surface area contributed by atoms with Gasteiger partial charge in [0.05, 0.1) is 19.8 Å². The van der Waals surface area contributed by atoms with Gasteiger partial charge in [0.1, 0.15) is 6.04 Å². The molecule has 1 aliphatic rings. The van der Waals surface area contributed by atoms with Crippen LogP contribution in [0.25, 0.3) is 0 Å². The highest BCUT2D eigenvalue weighted by atomic mass is 16.5. The first kappa shape index (κ1) is 14.5. The Morgan fingerprint density at radius 2 is 2.20 bits per heavy atom. The van der Waals surface area contributed by atoms with Gasteiger partial charge in [-0.1, -0.05) is 18.2 Å². The SMILES string of the molecule is Cc1ccccc1NC(=O)CN1CCOCC1C(=O)O. The van der Waals surface area contributed by atoms with E-state index in [9.17, 15) is 9.59 Å². The molecule has 0 aliphatic carbocycles. The fourth-order valence-electron chi connectivity index (χ4n) is 2.14. The number of carbonyl (C=O) groups is 2. The van der Waals surface area contributed by atoms with E-state index < -0.39 is 12.0 Å². The number of nitrogens with one attached hydrogen (secondary N) is 1. The molecule has 0 radical (unpaired) electrons. The third-order valence-corrected chi connectivity index (χ3v) is 3.29. The highest BCUT2D eigenvalue weighted by Gasteiger charge is 2.30. The summed E-state index contributed by atoms with van der Waals surface area (Å²) in [6.07, 6.45) is 0. The maximum absolute atomic E-state index is 12.0. The Labute approximate surface area is 117 Å². The zero-order valence-corrected chi connectivity index (χ0v) is 11.3. The number of aliphatic carboxylic acids is 1. The normalized spacial score (nSPS) is 19.6. The Bertz CT molecular complexity index is 504. The van der Waals surface area contributed by atoms with E-state index in [1.807, 2.05) is 31.2 Å². The Kier molecular flexibility index (Phi) is 4.70. The maximum Gasteiger partial charge on any atom is 0.323 e. The van der Waals surface area contributed by atoms with Gasteiger partial charge < -0.3 is 15.2 Å². The minimum absolute atomic E-state index is 0.0503. The molecule has 2 N–H and O–H groups in total. The van der Waals surface area contributed by atoms with Gasteiger partial charge in [-0.15, -0.1) is 0 Å². The topological polar surface area (TPSA) is 78.9 Å². The van der Waals surface area contributed by atoms with E-state index in [0.717, 1.165) is 11.3 Å². The van der Waals surface area contributed by atoms with E-state index in [1.165, 1.54) is 0 Å². The van der Waals surface area contributed by atoms with Crippen molar-refractivity contribution < 1.29 is 19.4 Å². The van der Waals surface area contributed by atoms with Crippen molar-refractivity contribution in [2.24, 2.45) is 0 Å². The first-order chi connectivity index (χ1) is 9.58. The summed E-state index contributed by atoms with van der Waals surface area (Å²) in [5, 5.41) is 11.9. The smallest absolute Gasteiger partial charge is 0.323 e. The van der Waals surface area contributed by atoms with E-state index in [2.05, 4.69) is 5.32 Å². The molecule has 0 spiro atoms. The van der Waals surface area contributed by atoms with Crippen LogP contribution < -0.4 is 5.32 Å². The van der Waals surface area contributed by atoms with Crippen LogP contribution in [0.5, 0.6) is 0 Å². The van der Waals surface area contributed by atoms with Crippen molar-refractivity contribution in [1.82, 2.24) is 4.90 Å². The number of amides is 1. The van der Waals surface area contributed by atoms with Crippen LogP contribution in [0.4, 0.5) is 5.69 Å². The van der Waals surface area contributed by atoms with E-state index in [4.69, 9.17) is 9.84 Å². The monoisotopic (exact) mass is 278 g/mol. The number of ether oxygens (including phenoxy) is 1. The molecule has 0 bridgehead atoms. The minimum Gasteiger partial charge on any atom is -0.480 e. The zero-order chi connectivity index (χ0) is 14.5. The van der Waals surface area contributed by atoms with Gasteiger partial charge in [-0.05, 0) is 18.6 Å². The molecule has 1 amide bonds. The Morgan fingerprint density at radius 1 is 1.45 bits per heavy atom. The molecule has 1 aliphatic heterocycles. The molecule has 6 heteroatoms. The molecule has 2 rings (SSSR count). The number of carboxylic acids is 1. The lowest BCUT2D eigenvalue weighted by Crippen LogP contribution is -2.52. The average molecular weight is 278 g/mol. The first-order valence-electron chi connectivity index (χ1n) is 6.48. The standard InChI is InChI=1S/C14H18N2O4/c1-10-4-2-3-5-11(10)15-13(17)8-16-6-7-20-9-12(16)14(18)19/h2-5,12H,6-9H2,1H3,(H,15,17)(H,18,19). The van der Waals surface area contributed by atoms with Crippen LogP contribution in [-0.4, -0.2) is 54.2 Å². The lowest BCUT2D eigenvalue weighted by molar-refractivity contribution is -0.150. The van der Waals surface area contributed by atoms with Gasteiger partial charge in [0.25, 0.3) is 0 Å². The summed E-state index contributed by atoms with van der Waals surface area (Å²) in [6, 6.07) is 6.71. The third-order valence-electron chi connectivity index (χ3n) is 3.29. The minimum atomic E-state index is -0.964. The summed E-state index contributed by atoms with van der Waals surface area (Å²) in [5.41, 5.74) is 1.72. The van der Waals surface area contributed by atoms with E-state index in [1.54, 1.807) is 4.90 Å². The number of morpholine rings is 1. The number of nitrogens with zero attached hydrogens (tertiary/aromatic N) is 1. The van der Waals surface area contributed by atoms with Crippen molar-refractivity contribution in [3.63, 3.8) is 0 Å². The molecule has 1 unspecified atom stereocenters. The van der Waals surface area contributed by atoms with Gasteiger partial charge in [-0.25, -0.2) is 0 Å². The van der Waals surface area contributed by atoms with Crippen LogP contribution in [0.1, 0.15) is 5.56 Å². The molecular formula is C14H18N2O4. The van der Waals surface area contributed by atoms with Crippen molar-refractivity contribution in [3.8, 4) is 0 Å². The fourth-order valence-corrected chi connectivity index (χ4v) is 2.14. The number of anilines is 1. The summed E-state index contributed by atoms with van der Waals surface area (Å²) >= 11 is 0. The predicted octanol–water partition coefficient (Wildman–Crippen LogP) is 0.719. The molecule has 1 saturated heterocycles. The van der Waals surface area contributed by atoms with Gasteiger partial charge in [0, 0.05) is 12.2 Å². The summed E-state index contributed by atoms with van der Waals surface area (Å²) in [4.78, 5) is 24.7. The van der Waals surface area contributed by atoms with Gasteiger partial charge in [-0.2, -0.15) is 0 Å². The molecule has 108 valence electrons. The molecule has 1 aromatic rings. The summed E-state index contributed by atoms with van der Waals surface area (Å²) in [6.45, 7) is 2.96. The molecule has 0 aromatic heterocycles. The van der Waals surface area contributed by atoms with Crippen LogP contribution >= 0.6 is 0 Å². The molecule has 1 heterocycles. The molecule has 20 heavy (non-hydrogen) atoms. The van der Waals surface area contributed by atoms with Gasteiger partial charge in [-0.3, -0.25) is 14.5 Å². The third kappa shape index (κ3) is 3.55. The molecule has 6 nitrogen and oxygen atoms in total. The average Bonchev–Trinajstić information content (AvgIpc) is 2.41. The van der Waals surface area contributed by atoms with Crippen molar-refractivity contribution in [2.75, 3.05) is 31.6 Å². The molecule has 0 saturated carbocycles. The van der Waals surface area contributed by atoms with Gasteiger partial charge in [0.2, 0.25) is 5.91 Å². The summed E-state index contributed by atoms with van der Waals surface area (Å²) in [5.74, 6) is -1.18. The lowest BCUT2D eigenvalue weighted by Gasteiger charge is -2.32.